The minimum absolute atomic E-state index is 0.0127. The minimum Gasteiger partial charge on any atom is -0.378 e. The van der Waals surface area contributed by atoms with E-state index in [0.29, 0.717) is 40.6 Å². The van der Waals surface area contributed by atoms with E-state index >= 15 is 0 Å². The van der Waals surface area contributed by atoms with E-state index < -0.39 is 0 Å². The van der Waals surface area contributed by atoms with E-state index in [0.717, 1.165) is 11.6 Å². The van der Waals surface area contributed by atoms with Gasteiger partial charge in [-0.05, 0) is 91.3 Å². The van der Waals surface area contributed by atoms with Crippen LogP contribution in [-0.2, 0) is 0 Å². The van der Waals surface area contributed by atoms with Crippen LogP contribution in [0.15, 0.2) is 72.8 Å². The summed E-state index contributed by atoms with van der Waals surface area (Å²) in [6.07, 6.45) is 3.91. The zero-order valence-corrected chi connectivity index (χ0v) is 18.8. The number of hydrogen-bond donors (Lipinski definition) is 2. The van der Waals surface area contributed by atoms with Crippen molar-refractivity contribution in [2.24, 2.45) is 17.8 Å². The van der Waals surface area contributed by atoms with Crippen LogP contribution in [0.4, 0.5) is 11.4 Å². The number of carbonyl (C=O) groups excluding carboxylic acids is 2. The van der Waals surface area contributed by atoms with E-state index in [4.69, 9.17) is 0 Å². The van der Waals surface area contributed by atoms with Crippen LogP contribution < -0.4 is 10.6 Å². The largest absolute Gasteiger partial charge is 0.378 e. The van der Waals surface area contributed by atoms with Crippen LogP contribution in [0.5, 0.6) is 0 Å². The van der Waals surface area contributed by atoms with Crippen molar-refractivity contribution in [2.75, 3.05) is 10.6 Å². The lowest BCUT2D eigenvalue weighted by molar-refractivity contribution is 0.101. The number of rotatable bonds is 4. The number of Topliss-reactive ketones (excluding diaryl/α,β-unsaturated/α-hetero) is 1. The Hall–Kier alpha value is -3.40. The lowest BCUT2D eigenvalue weighted by atomic mass is 9.68. The van der Waals surface area contributed by atoms with Crippen molar-refractivity contribution in [2.45, 2.75) is 38.1 Å². The van der Waals surface area contributed by atoms with Gasteiger partial charge in [-0.2, -0.15) is 0 Å². The Bertz CT molecular complexity index is 1240. The van der Waals surface area contributed by atoms with E-state index in [9.17, 15) is 9.59 Å². The molecule has 3 aromatic carbocycles. The van der Waals surface area contributed by atoms with Crippen molar-refractivity contribution in [1.29, 1.82) is 0 Å². The average Bonchev–Trinajstić information content (AvgIpc) is 3.47. The minimum atomic E-state index is -0.136. The number of carbonyl (C=O) groups is 2. The maximum Gasteiger partial charge on any atom is 0.255 e. The number of anilines is 2. The molecule has 1 heterocycles. The maximum absolute atomic E-state index is 13.1. The second kappa shape index (κ2) is 7.87. The van der Waals surface area contributed by atoms with Crippen molar-refractivity contribution in [1.82, 2.24) is 0 Å². The van der Waals surface area contributed by atoms with Crippen LogP contribution in [0.1, 0.15) is 70.0 Å². The monoisotopic (exact) mass is 436 g/mol. The molecule has 2 N–H and O–H groups in total. The fourth-order valence-electron chi connectivity index (χ4n) is 6.64. The van der Waals surface area contributed by atoms with E-state index in [1.165, 1.54) is 37.3 Å². The first kappa shape index (κ1) is 20.2. The molecule has 166 valence electrons. The molecule has 1 amide bonds. The van der Waals surface area contributed by atoms with Crippen LogP contribution in [0.25, 0.3) is 0 Å². The van der Waals surface area contributed by atoms with Crippen LogP contribution in [0.3, 0.4) is 0 Å². The summed E-state index contributed by atoms with van der Waals surface area (Å²) in [5.41, 5.74) is 5.73. The molecule has 3 aromatic rings. The highest BCUT2D eigenvalue weighted by atomic mass is 16.1. The maximum atomic E-state index is 13.1. The normalized spacial score (nSPS) is 26.8. The molecule has 4 heteroatoms. The zero-order valence-electron chi connectivity index (χ0n) is 18.8. The highest BCUT2D eigenvalue weighted by Crippen LogP contribution is 2.63. The van der Waals surface area contributed by atoms with Crippen LogP contribution in [-0.4, -0.2) is 11.7 Å². The highest BCUT2D eigenvalue weighted by molar-refractivity contribution is 6.05. The highest BCUT2D eigenvalue weighted by Gasteiger charge is 2.53. The van der Waals surface area contributed by atoms with Gasteiger partial charge in [0.1, 0.15) is 0 Å². The number of fused-ring (bicyclic) bond motifs is 7. The Kier molecular flexibility index (Phi) is 4.83. The number of ketones is 1. The summed E-state index contributed by atoms with van der Waals surface area (Å²) in [6.45, 7) is 1.53. The number of nitrogens with one attached hydrogen (secondary N) is 2. The van der Waals surface area contributed by atoms with Crippen molar-refractivity contribution in [3.05, 3.63) is 95.1 Å². The van der Waals surface area contributed by atoms with Gasteiger partial charge in [0, 0.05) is 22.5 Å². The van der Waals surface area contributed by atoms with Gasteiger partial charge in [0.05, 0.1) is 6.04 Å². The van der Waals surface area contributed by atoms with Crippen molar-refractivity contribution < 1.29 is 9.59 Å². The van der Waals surface area contributed by atoms with Gasteiger partial charge in [0.15, 0.2) is 5.78 Å². The van der Waals surface area contributed by atoms with Gasteiger partial charge in [0.2, 0.25) is 0 Å². The van der Waals surface area contributed by atoms with Crippen LogP contribution in [0.2, 0.25) is 0 Å². The lowest BCUT2D eigenvalue weighted by Gasteiger charge is -2.43. The molecule has 2 bridgehead atoms. The Morgan fingerprint density at radius 2 is 1.70 bits per heavy atom. The summed E-state index contributed by atoms with van der Waals surface area (Å²) in [5, 5.41) is 6.81. The molecule has 2 fully saturated rings. The molecule has 0 saturated heterocycles. The summed E-state index contributed by atoms with van der Waals surface area (Å²) in [6, 6.07) is 24.3. The molecule has 3 aliphatic rings. The van der Waals surface area contributed by atoms with Crippen molar-refractivity contribution >= 4 is 23.1 Å². The van der Waals surface area contributed by atoms with E-state index in [-0.39, 0.29) is 11.7 Å². The fraction of sp³-hybridized carbons (Fsp3) is 0.310. The third-order valence-corrected chi connectivity index (χ3v) is 8.04. The molecule has 5 atom stereocenters. The molecule has 2 saturated carbocycles. The third kappa shape index (κ3) is 3.45. The summed E-state index contributed by atoms with van der Waals surface area (Å²) in [4.78, 5) is 24.8. The lowest BCUT2D eigenvalue weighted by Crippen LogP contribution is -2.35. The van der Waals surface area contributed by atoms with Gasteiger partial charge >= 0.3 is 0 Å². The van der Waals surface area contributed by atoms with Crippen LogP contribution >= 0.6 is 0 Å². The molecule has 5 unspecified atom stereocenters. The Morgan fingerprint density at radius 3 is 2.52 bits per heavy atom. The quantitative estimate of drug-likeness (QED) is 0.463. The zero-order chi connectivity index (χ0) is 22.5. The van der Waals surface area contributed by atoms with Crippen molar-refractivity contribution in [3.8, 4) is 0 Å². The summed E-state index contributed by atoms with van der Waals surface area (Å²) < 4.78 is 0. The predicted molar refractivity (Wildman–Crippen MR) is 131 cm³/mol. The fourth-order valence-corrected chi connectivity index (χ4v) is 6.64. The van der Waals surface area contributed by atoms with E-state index in [1.54, 1.807) is 18.2 Å². The van der Waals surface area contributed by atoms with Gasteiger partial charge < -0.3 is 10.6 Å². The van der Waals surface area contributed by atoms with Gasteiger partial charge in [-0.25, -0.2) is 0 Å². The second-order valence-electron chi connectivity index (χ2n) is 9.86. The Morgan fingerprint density at radius 1 is 0.879 bits per heavy atom. The van der Waals surface area contributed by atoms with Gasteiger partial charge in [0.25, 0.3) is 5.91 Å². The van der Waals surface area contributed by atoms with Gasteiger partial charge in [-0.1, -0.05) is 42.5 Å². The summed E-state index contributed by atoms with van der Waals surface area (Å²) >= 11 is 0. The molecule has 6 rings (SSSR count). The van der Waals surface area contributed by atoms with Crippen molar-refractivity contribution in [3.63, 3.8) is 0 Å². The molecular formula is C29H28N2O2. The molecular weight excluding hydrogens is 408 g/mol. The molecule has 0 spiro atoms. The first-order valence-electron chi connectivity index (χ1n) is 12.0. The SMILES string of the molecule is CC(=O)c1cccc(NC(=O)c2ccc3c(c2)C2C4CCC(C4)C2C(c2ccccc2)N3)c1. The molecule has 0 radical (unpaired) electrons. The number of benzene rings is 3. The third-order valence-electron chi connectivity index (χ3n) is 8.04. The Labute approximate surface area is 194 Å². The number of amides is 1. The molecule has 2 aliphatic carbocycles. The van der Waals surface area contributed by atoms with E-state index in [2.05, 4.69) is 53.1 Å². The van der Waals surface area contributed by atoms with Crippen LogP contribution in [0, 0.1) is 17.8 Å². The Balaban J connectivity index is 1.33. The van der Waals surface area contributed by atoms with Gasteiger partial charge in [-0.15, -0.1) is 0 Å². The smallest absolute Gasteiger partial charge is 0.255 e. The molecule has 0 aromatic heterocycles. The first-order chi connectivity index (χ1) is 16.1. The molecule has 1 aliphatic heterocycles. The second-order valence-corrected chi connectivity index (χ2v) is 9.86. The van der Waals surface area contributed by atoms with Gasteiger partial charge in [-0.3, -0.25) is 9.59 Å². The average molecular weight is 437 g/mol. The standard InChI is InChI=1S/C29H28N2O2/c1-17(32)19-8-5-9-23(15-19)30-29(33)22-12-13-25-24(16-22)26-20-10-11-21(14-20)27(26)28(31-25)18-6-3-2-4-7-18/h2-9,12-13,15-16,20-21,26-28,31H,10-11,14H2,1H3,(H,30,33). The molecule has 33 heavy (non-hydrogen) atoms. The first-order valence-corrected chi connectivity index (χ1v) is 12.0. The topological polar surface area (TPSA) is 58.2 Å². The number of hydrogen-bond acceptors (Lipinski definition) is 3. The predicted octanol–water partition coefficient (Wildman–Crippen LogP) is 6.44. The summed E-state index contributed by atoms with van der Waals surface area (Å²) in [5.74, 6) is 2.38. The molecule has 4 nitrogen and oxygen atoms in total. The summed E-state index contributed by atoms with van der Waals surface area (Å²) in [7, 11) is 0. The van der Waals surface area contributed by atoms with E-state index in [1.807, 2.05) is 12.1 Å².